The number of halogens is 3. The van der Waals surface area contributed by atoms with Crippen LogP contribution in [0.2, 0.25) is 0 Å². The topological polar surface area (TPSA) is 95.8 Å². The number of nitrogens with one attached hydrogen (secondary N) is 1. The maximum absolute atomic E-state index is 12.8. The van der Waals surface area contributed by atoms with Crippen molar-refractivity contribution < 1.29 is 27.7 Å². The SMILES string of the molecule is O=C(CCNc1ccc(C(F)(F)F)cc1[N+](=O)[O-])N1CCC(C(=O)N2CCCCCC2)CC1. The second-order valence-corrected chi connectivity index (χ2v) is 8.56. The molecule has 2 fully saturated rings. The highest BCUT2D eigenvalue weighted by Gasteiger charge is 2.33. The largest absolute Gasteiger partial charge is 0.416 e. The number of nitro benzene ring substituents is 1. The Balaban J connectivity index is 1.47. The summed E-state index contributed by atoms with van der Waals surface area (Å²) in [6.07, 6.45) is 0.960. The number of carbonyl (C=O) groups excluding carboxylic acids is 2. The van der Waals surface area contributed by atoms with Crippen LogP contribution in [0.4, 0.5) is 24.5 Å². The van der Waals surface area contributed by atoms with Crippen LogP contribution in [0.15, 0.2) is 18.2 Å². The Labute approximate surface area is 190 Å². The fourth-order valence-corrected chi connectivity index (χ4v) is 4.40. The maximum atomic E-state index is 12.8. The third-order valence-corrected chi connectivity index (χ3v) is 6.29. The zero-order valence-corrected chi connectivity index (χ0v) is 18.4. The fraction of sp³-hybridized carbons (Fsp3) is 0.636. The van der Waals surface area contributed by atoms with E-state index in [0.717, 1.165) is 50.9 Å². The van der Waals surface area contributed by atoms with Crippen molar-refractivity contribution in [1.82, 2.24) is 9.80 Å². The van der Waals surface area contributed by atoms with Gasteiger partial charge in [0.15, 0.2) is 0 Å². The molecule has 1 aromatic carbocycles. The molecule has 8 nitrogen and oxygen atoms in total. The summed E-state index contributed by atoms with van der Waals surface area (Å²) in [7, 11) is 0. The Morgan fingerprint density at radius 1 is 1.03 bits per heavy atom. The van der Waals surface area contributed by atoms with Crippen molar-refractivity contribution in [3.05, 3.63) is 33.9 Å². The van der Waals surface area contributed by atoms with Crippen molar-refractivity contribution in [1.29, 1.82) is 0 Å². The number of amides is 2. The Bertz CT molecular complexity index is 862. The second kappa shape index (κ2) is 10.8. The number of piperidine rings is 1. The summed E-state index contributed by atoms with van der Waals surface area (Å²) in [5.41, 5.74) is -1.86. The molecule has 0 radical (unpaired) electrons. The lowest BCUT2D eigenvalue weighted by molar-refractivity contribution is -0.384. The second-order valence-electron chi connectivity index (χ2n) is 8.56. The van der Waals surface area contributed by atoms with Crippen molar-refractivity contribution >= 4 is 23.2 Å². The van der Waals surface area contributed by atoms with Gasteiger partial charge in [0.2, 0.25) is 11.8 Å². The maximum Gasteiger partial charge on any atom is 0.416 e. The van der Waals surface area contributed by atoms with Gasteiger partial charge in [-0.15, -0.1) is 0 Å². The van der Waals surface area contributed by atoms with Gasteiger partial charge in [-0.25, -0.2) is 0 Å². The molecule has 2 amide bonds. The zero-order valence-electron chi connectivity index (χ0n) is 18.4. The van der Waals surface area contributed by atoms with Gasteiger partial charge in [0.25, 0.3) is 5.69 Å². The Morgan fingerprint density at radius 2 is 1.67 bits per heavy atom. The molecule has 0 unspecified atom stereocenters. The summed E-state index contributed by atoms with van der Waals surface area (Å²) in [6, 6.07) is 2.25. The van der Waals surface area contributed by atoms with E-state index < -0.39 is 22.4 Å². The number of likely N-dealkylation sites (tertiary alicyclic amines) is 2. The highest BCUT2D eigenvalue weighted by atomic mass is 19.4. The van der Waals surface area contributed by atoms with E-state index in [0.29, 0.717) is 32.0 Å². The monoisotopic (exact) mass is 470 g/mol. The van der Waals surface area contributed by atoms with E-state index in [1.165, 1.54) is 0 Å². The summed E-state index contributed by atoms with van der Waals surface area (Å²) in [6.45, 7) is 2.62. The molecule has 2 saturated heterocycles. The first-order chi connectivity index (χ1) is 15.7. The molecule has 33 heavy (non-hydrogen) atoms. The Morgan fingerprint density at radius 3 is 2.24 bits per heavy atom. The average molecular weight is 470 g/mol. The summed E-state index contributed by atoms with van der Waals surface area (Å²) < 4.78 is 38.4. The molecule has 3 rings (SSSR count). The predicted molar refractivity (Wildman–Crippen MR) is 116 cm³/mol. The first-order valence-electron chi connectivity index (χ1n) is 11.3. The van der Waals surface area contributed by atoms with Crippen LogP contribution in [0.1, 0.15) is 50.5 Å². The number of nitrogens with zero attached hydrogens (tertiary/aromatic N) is 3. The Hall–Kier alpha value is -2.85. The standard InChI is InChI=1S/C22H29F3N4O4/c23-22(24,25)17-5-6-18(19(15-17)29(32)33)26-10-7-20(30)27-13-8-16(9-14-27)21(31)28-11-3-1-2-4-12-28/h5-6,15-16,26H,1-4,7-14H2. The van der Waals surface area contributed by atoms with E-state index >= 15 is 0 Å². The van der Waals surface area contributed by atoms with Gasteiger partial charge in [0.1, 0.15) is 5.69 Å². The molecular weight excluding hydrogens is 441 g/mol. The lowest BCUT2D eigenvalue weighted by atomic mass is 9.95. The minimum absolute atomic E-state index is 0.0446. The minimum Gasteiger partial charge on any atom is -0.379 e. The summed E-state index contributed by atoms with van der Waals surface area (Å²) >= 11 is 0. The van der Waals surface area contributed by atoms with Crippen molar-refractivity contribution in [2.45, 2.75) is 51.1 Å². The van der Waals surface area contributed by atoms with Crippen molar-refractivity contribution in [2.75, 3.05) is 38.0 Å². The molecule has 1 aromatic rings. The van der Waals surface area contributed by atoms with Gasteiger partial charge in [0.05, 0.1) is 10.5 Å². The highest BCUT2D eigenvalue weighted by molar-refractivity contribution is 5.80. The van der Waals surface area contributed by atoms with Gasteiger partial charge in [-0.2, -0.15) is 13.2 Å². The Kier molecular flexibility index (Phi) is 8.15. The molecule has 0 saturated carbocycles. The van der Waals surface area contributed by atoms with E-state index in [9.17, 15) is 32.9 Å². The number of nitro groups is 1. The van der Waals surface area contributed by atoms with Gasteiger partial charge in [-0.05, 0) is 37.8 Å². The van der Waals surface area contributed by atoms with Crippen molar-refractivity contribution in [3.8, 4) is 0 Å². The number of hydrogen-bond donors (Lipinski definition) is 1. The summed E-state index contributed by atoms with van der Waals surface area (Å²) in [5, 5.41) is 13.9. The van der Waals surface area contributed by atoms with Gasteiger partial charge in [0, 0.05) is 51.1 Å². The first-order valence-corrected chi connectivity index (χ1v) is 11.3. The van der Waals surface area contributed by atoms with Crippen molar-refractivity contribution in [2.24, 2.45) is 5.92 Å². The first kappa shape index (κ1) is 24.8. The molecule has 1 N–H and O–H groups in total. The van der Waals surface area contributed by atoms with Crippen LogP contribution in [0.3, 0.4) is 0 Å². The number of rotatable bonds is 6. The third-order valence-electron chi connectivity index (χ3n) is 6.29. The predicted octanol–water partition coefficient (Wildman–Crippen LogP) is 4.06. The molecule has 2 aliphatic rings. The molecule has 11 heteroatoms. The van der Waals surface area contributed by atoms with Crippen molar-refractivity contribution in [3.63, 3.8) is 0 Å². The molecule has 182 valence electrons. The van der Waals surface area contributed by atoms with Crippen LogP contribution < -0.4 is 5.32 Å². The molecule has 2 aliphatic heterocycles. The number of benzene rings is 1. The van der Waals surface area contributed by atoms with Gasteiger partial charge >= 0.3 is 6.18 Å². The van der Waals surface area contributed by atoms with Gasteiger partial charge < -0.3 is 15.1 Å². The van der Waals surface area contributed by atoms with E-state index in [4.69, 9.17) is 0 Å². The quantitative estimate of drug-likeness (QED) is 0.500. The van der Waals surface area contributed by atoms with Crippen LogP contribution in [0.25, 0.3) is 0 Å². The minimum atomic E-state index is -4.68. The summed E-state index contributed by atoms with van der Waals surface area (Å²) in [5.74, 6) is -0.0434. The smallest absolute Gasteiger partial charge is 0.379 e. The molecule has 0 atom stereocenters. The lowest BCUT2D eigenvalue weighted by Crippen LogP contribution is -2.45. The van der Waals surface area contributed by atoms with E-state index in [1.807, 2.05) is 4.90 Å². The number of hydrogen-bond acceptors (Lipinski definition) is 5. The number of carbonyl (C=O) groups is 2. The summed E-state index contributed by atoms with van der Waals surface area (Å²) in [4.78, 5) is 39.2. The van der Waals surface area contributed by atoms with Crippen LogP contribution in [-0.4, -0.2) is 59.3 Å². The molecule has 0 spiro atoms. The third kappa shape index (κ3) is 6.58. The number of anilines is 1. The zero-order chi connectivity index (χ0) is 24.0. The molecule has 0 aliphatic carbocycles. The lowest BCUT2D eigenvalue weighted by Gasteiger charge is -2.34. The molecule has 0 bridgehead atoms. The molecule has 0 aromatic heterocycles. The van der Waals surface area contributed by atoms with Crippen LogP contribution >= 0.6 is 0 Å². The molecular formula is C22H29F3N4O4. The van der Waals surface area contributed by atoms with E-state index in [1.54, 1.807) is 4.90 Å². The van der Waals surface area contributed by atoms with E-state index in [2.05, 4.69) is 5.32 Å². The van der Waals surface area contributed by atoms with Gasteiger partial charge in [-0.3, -0.25) is 19.7 Å². The highest BCUT2D eigenvalue weighted by Crippen LogP contribution is 2.35. The van der Waals surface area contributed by atoms with Crippen LogP contribution in [-0.2, 0) is 15.8 Å². The van der Waals surface area contributed by atoms with E-state index in [-0.39, 0.29) is 36.4 Å². The fourth-order valence-electron chi connectivity index (χ4n) is 4.40. The normalized spacial score (nSPS) is 18.0. The van der Waals surface area contributed by atoms with Crippen LogP contribution in [0, 0.1) is 16.0 Å². The number of alkyl halides is 3. The van der Waals surface area contributed by atoms with Gasteiger partial charge in [-0.1, -0.05) is 12.8 Å². The molecule has 2 heterocycles. The average Bonchev–Trinajstić information content (AvgIpc) is 3.07. The van der Waals surface area contributed by atoms with Crippen LogP contribution in [0.5, 0.6) is 0 Å².